The number of piperazine rings is 1. The molecule has 3 aliphatic rings. The van der Waals surface area contributed by atoms with E-state index in [0.717, 1.165) is 35.3 Å². The predicted octanol–water partition coefficient (Wildman–Crippen LogP) is 9.48. The van der Waals surface area contributed by atoms with E-state index in [1.165, 1.54) is 67.2 Å². The second-order valence-corrected chi connectivity index (χ2v) is 19.7. The number of para-hydroxylation sites is 2. The van der Waals surface area contributed by atoms with Gasteiger partial charge in [0.2, 0.25) is 20.0 Å². The molecule has 2 N–H and O–H groups in total. The summed E-state index contributed by atoms with van der Waals surface area (Å²) in [4.78, 5) is 0.0647. The molecule has 0 unspecified atom stereocenters. The second-order valence-electron chi connectivity index (χ2n) is 13.0. The maximum absolute atomic E-state index is 13.5. The van der Waals surface area contributed by atoms with Crippen LogP contribution in [0.4, 0.5) is 22.7 Å². The van der Waals surface area contributed by atoms with Crippen LogP contribution in [0.5, 0.6) is 0 Å². The summed E-state index contributed by atoms with van der Waals surface area (Å²) in [5.41, 5.74) is 4.38. The van der Waals surface area contributed by atoms with Crippen molar-refractivity contribution in [2.45, 2.75) is 23.6 Å². The number of rotatable bonds is 12. The number of amidine groups is 2. The minimum absolute atomic E-state index is 0.0323. The maximum atomic E-state index is 13.5. The summed E-state index contributed by atoms with van der Waals surface area (Å²) < 4.78 is 65.4. The van der Waals surface area contributed by atoms with Crippen molar-refractivity contribution in [2.75, 3.05) is 36.2 Å². The Labute approximate surface area is 415 Å². The average Bonchev–Trinajstić information content (AvgIpc) is 3.80. The quantitative estimate of drug-likeness (QED) is 0.0781. The molecule has 0 radical (unpaired) electrons. The summed E-state index contributed by atoms with van der Waals surface area (Å²) in [5, 5.41) is 37.4. The Morgan fingerprint density at radius 1 is 0.578 bits per heavy atom. The molecule has 0 saturated carbocycles. The van der Waals surface area contributed by atoms with Crippen LogP contribution in [-0.2, 0) is 75.0 Å². The normalized spacial score (nSPS) is 17.8. The van der Waals surface area contributed by atoms with Crippen molar-refractivity contribution in [2.24, 2.45) is 29.5 Å². The third-order valence-electron chi connectivity index (χ3n) is 9.24. The van der Waals surface area contributed by atoms with E-state index in [2.05, 4.69) is 79.4 Å². The number of hydrogen-bond acceptors (Lipinski definition) is 16. The third-order valence-corrected chi connectivity index (χ3v) is 15.0. The SMILES string of the molecule is CC1=NN(c2ccccc2)C(=N)/C1=C(/[S-])SN=Nc1ccc(S(=O)(=O)N2CCN(S(=O)(=O)c3ccc(N=NS/C([S-])=C4\C(=N)N(c5ccccc5)N=C4C)cc3)CC2)cc1.[Cl][Co+].[Cl][Co+]. The molecule has 0 bridgehead atoms. The van der Waals surface area contributed by atoms with Gasteiger partial charge in [0.15, 0.2) is 11.7 Å². The van der Waals surface area contributed by atoms with Gasteiger partial charge in [-0.05, 0) is 86.6 Å². The van der Waals surface area contributed by atoms with Crippen LogP contribution < -0.4 is 10.0 Å². The fourth-order valence-electron chi connectivity index (χ4n) is 6.17. The van der Waals surface area contributed by atoms with E-state index in [-0.39, 0.29) is 47.6 Å². The van der Waals surface area contributed by atoms with Crippen molar-refractivity contribution < 1.29 is 46.5 Å². The van der Waals surface area contributed by atoms with Gasteiger partial charge in [-0.1, -0.05) is 36.4 Å². The van der Waals surface area contributed by atoms with E-state index in [4.69, 9.17) is 36.1 Å². The zero-order valence-electron chi connectivity index (χ0n) is 33.2. The zero-order valence-corrected chi connectivity index (χ0v) is 41.7. The van der Waals surface area contributed by atoms with Gasteiger partial charge < -0.3 is 25.3 Å². The Morgan fingerprint density at radius 2 is 0.891 bits per heavy atom. The van der Waals surface area contributed by atoms with Crippen LogP contribution >= 0.6 is 44.2 Å². The summed E-state index contributed by atoms with van der Waals surface area (Å²) in [7, 11) is 0.787. The number of anilines is 2. The van der Waals surface area contributed by atoms with Crippen LogP contribution in [0, 0.1) is 10.8 Å². The van der Waals surface area contributed by atoms with Crippen LogP contribution in [-0.4, -0.2) is 74.7 Å². The topological polar surface area (TPSA) is 203 Å². The van der Waals surface area contributed by atoms with E-state index in [1.807, 2.05) is 60.7 Å². The molecular weight excluding hydrogens is 1070 g/mol. The first-order chi connectivity index (χ1) is 30.8. The molecule has 338 valence electrons. The average molecular weight is 1100 g/mol. The Hall–Kier alpha value is -3.61. The van der Waals surface area contributed by atoms with E-state index in [9.17, 15) is 16.8 Å². The summed E-state index contributed by atoms with van der Waals surface area (Å²) >= 11 is 18.9. The number of halogens is 2. The summed E-state index contributed by atoms with van der Waals surface area (Å²) in [5.74, 6) is 0.269. The summed E-state index contributed by atoms with van der Waals surface area (Å²) in [6, 6.07) is 30.3. The molecule has 1 fully saturated rings. The zero-order chi connectivity index (χ0) is 46.6. The van der Waals surface area contributed by atoms with E-state index in [1.54, 1.807) is 13.8 Å². The number of benzene rings is 4. The monoisotopic (exact) mass is 1100 g/mol. The summed E-state index contributed by atoms with van der Waals surface area (Å²) in [6.45, 7) is 3.38. The van der Waals surface area contributed by atoms with Crippen molar-refractivity contribution >= 4 is 135 Å². The molecule has 4 aromatic rings. The first-order valence-corrected chi connectivity index (χ1v) is 26.3. The van der Waals surface area contributed by atoms with Gasteiger partial charge in [-0.15, -0.1) is 27.7 Å². The molecule has 1 saturated heterocycles. The fraction of sp³-hybridized carbons (Fsp3) is 0.158. The van der Waals surface area contributed by atoms with Crippen molar-refractivity contribution in [1.29, 1.82) is 10.8 Å². The standard InChI is InChI=1S/C38H36N12O4S6.2ClH.2Co/c1-25-33(35(39)49(43-25)29-9-5-3-6-10-29)37(55)57-45-41-27-13-17-31(18-14-27)59(51,52)47-21-23-48(24-22-47)60(53,54)32-19-15-28(16-20-32)42-46-58-38(56)34-26(2)44-50(36(34)40)30-11-7-4-8-12-30;;;;/h3-20,39-40,55-56H,21-24H2,1-2H3;2*1H;;/q;;;2*+2/p-4/b37-33-,38-34-,39-35?,40-36?,45-41?,46-42?;;;;. The van der Waals surface area contributed by atoms with Gasteiger partial charge in [0.1, 0.15) is 0 Å². The number of hydrogen-bond donors (Lipinski definition) is 2. The molecule has 0 spiro atoms. The van der Waals surface area contributed by atoms with Gasteiger partial charge >= 0.3 is 50.0 Å². The van der Waals surface area contributed by atoms with Crippen molar-refractivity contribution in [3.8, 4) is 0 Å². The van der Waals surface area contributed by atoms with Gasteiger partial charge in [-0.2, -0.15) is 18.8 Å². The Kier molecular flexibility index (Phi) is 19.0. The van der Waals surface area contributed by atoms with Crippen LogP contribution in [0.25, 0.3) is 0 Å². The first kappa shape index (κ1) is 51.4. The molecule has 0 aromatic heterocycles. The molecule has 7 rings (SSSR count). The van der Waals surface area contributed by atoms with Gasteiger partial charge in [0.05, 0.1) is 44.0 Å². The molecule has 64 heavy (non-hydrogen) atoms. The Morgan fingerprint density at radius 3 is 1.20 bits per heavy atom. The number of hydrazone groups is 2. The van der Waals surface area contributed by atoms with Gasteiger partial charge in [-0.25, -0.2) is 26.9 Å². The van der Waals surface area contributed by atoms with Gasteiger partial charge in [-0.3, -0.25) is 10.8 Å². The molecule has 0 aliphatic carbocycles. The van der Waals surface area contributed by atoms with E-state index in [0.29, 0.717) is 42.4 Å². The molecule has 3 aliphatic heterocycles. The molecule has 4 aromatic carbocycles. The minimum atomic E-state index is -3.93. The van der Waals surface area contributed by atoms with Gasteiger partial charge in [0, 0.05) is 61.2 Å². The number of sulfonamides is 2. The summed E-state index contributed by atoms with van der Waals surface area (Å²) in [6.07, 6.45) is 0. The Balaban J connectivity index is 0.00000187. The molecule has 3 heterocycles. The molecule has 0 amide bonds. The van der Waals surface area contributed by atoms with Crippen molar-refractivity contribution in [3.63, 3.8) is 0 Å². The number of nitrogens with zero attached hydrogens (tertiary/aromatic N) is 10. The Bertz CT molecular complexity index is 2560. The first-order valence-electron chi connectivity index (χ1n) is 18.2. The van der Waals surface area contributed by atoms with E-state index >= 15 is 0 Å². The van der Waals surface area contributed by atoms with Crippen LogP contribution in [0.1, 0.15) is 13.8 Å². The third kappa shape index (κ3) is 12.0. The van der Waals surface area contributed by atoms with Crippen LogP contribution in [0.3, 0.4) is 0 Å². The van der Waals surface area contributed by atoms with Crippen molar-refractivity contribution in [3.05, 3.63) is 129 Å². The predicted molar refractivity (Wildman–Crippen MR) is 255 cm³/mol. The molecule has 16 nitrogen and oxygen atoms in total. The molecule has 26 heteroatoms. The fourth-order valence-corrected chi connectivity index (χ4v) is 10.8. The van der Waals surface area contributed by atoms with Crippen LogP contribution in [0.2, 0.25) is 0 Å². The van der Waals surface area contributed by atoms with Gasteiger partial charge in [0.25, 0.3) is 0 Å². The second kappa shape index (κ2) is 23.7. The molecular formula is C38H34Cl2Co2N12O4S6. The van der Waals surface area contributed by atoms with Crippen molar-refractivity contribution in [1.82, 2.24) is 8.61 Å². The number of nitrogens with one attached hydrogen (secondary N) is 2. The van der Waals surface area contributed by atoms with Crippen LogP contribution in [0.15, 0.2) is 168 Å². The van der Waals surface area contributed by atoms with E-state index < -0.39 is 20.0 Å². The molecule has 0 atom stereocenters.